The van der Waals surface area contributed by atoms with Crippen LogP contribution in [0.25, 0.3) is 0 Å². The van der Waals surface area contributed by atoms with Gasteiger partial charge in [-0.05, 0) is 24.4 Å². The largest absolute Gasteiger partial charge is 0.381 e. The standard InChI is InChI=1S/C12H16ClN3OS.C2H6/c1-16(8-2-5-17-6-3-8)11-10-9(4-7-18-10)14-12(13)15-11;1-2/h8H,2-7H2,1H3;1-2H3. The molecule has 1 aromatic heterocycles. The first-order valence-corrected chi connectivity index (χ1v) is 8.62. The molecule has 0 aliphatic carbocycles. The SMILES string of the molecule is CC.CN(c1nc(Cl)nc2c1SCC2)C1CCOCC1. The molecule has 1 fully saturated rings. The van der Waals surface area contributed by atoms with Crippen LogP contribution in [-0.2, 0) is 11.2 Å². The summed E-state index contributed by atoms with van der Waals surface area (Å²) in [5.41, 5.74) is 1.11. The molecule has 0 aromatic carbocycles. The molecule has 4 nitrogen and oxygen atoms in total. The van der Waals surface area contributed by atoms with Gasteiger partial charge >= 0.3 is 0 Å². The van der Waals surface area contributed by atoms with Crippen LogP contribution in [-0.4, -0.2) is 42.0 Å². The molecule has 20 heavy (non-hydrogen) atoms. The molecule has 0 bridgehead atoms. The average Bonchev–Trinajstić information content (AvgIpc) is 2.96. The number of halogens is 1. The summed E-state index contributed by atoms with van der Waals surface area (Å²) in [4.78, 5) is 12.2. The fourth-order valence-electron chi connectivity index (χ4n) is 2.51. The van der Waals surface area contributed by atoms with Gasteiger partial charge < -0.3 is 9.64 Å². The maximum atomic E-state index is 6.03. The maximum absolute atomic E-state index is 6.03. The van der Waals surface area contributed by atoms with Crippen LogP contribution in [0.2, 0.25) is 5.28 Å². The van der Waals surface area contributed by atoms with Crippen molar-refractivity contribution < 1.29 is 4.74 Å². The minimum atomic E-state index is 0.366. The molecular formula is C14H22ClN3OS. The Morgan fingerprint density at radius 1 is 1.25 bits per heavy atom. The fraction of sp³-hybridized carbons (Fsp3) is 0.714. The van der Waals surface area contributed by atoms with E-state index in [2.05, 4.69) is 21.9 Å². The van der Waals surface area contributed by atoms with Crippen LogP contribution in [0.3, 0.4) is 0 Å². The first kappa shape index (κ1) is 15.9. The van der Waals surface area contributed by atoms with E-state index in [0.29, 0.717) is 11.3 Å². The normalized spacial score (nSPS) is 18.2. The molecular weight excluding hydrogens is 294 g/mol. The molecule has 112 valence electrons. The third-order valence-corrected chi connectivity index (χ3v) is 4.83. The van der Waals surface area contributed by atoms with E-state index in [1.165, 1.54) is 4.90 Å². The van der Waals surface area contributed by atoms with Gasteiger partial charge in [0.25, 0.3) is 0 Å². The first-order valence-electron chi connectivity index (χ1n) is 7.25. The van der Waals surface area contributed by atoms with Crippen LogP contribution in [0.1, 0.15) is 32.4 Å². The number of ether oxygens (including phenoxy) is 1. The summed E-state index contributed by atoms with van der Waals surface area (Å²) in [6.07, 6.45) is 3.10. The molecule has 0 unspecified atom stereocenters. The number of fused-ring (bicyclic) bond motifs is 1. The molecule has 0 amide bonds. The zero-order valence-corrected chi connectivity index (χ0v) is 13.9. The van der Waals surface area contributed by atoms with Crippen molar-refractivity contribution in [3.8, 4) is 0 Å². The third-order valence-electron chi connectivity index (χ3n) is 3.55. The zero-order valence-electron chi connectivity index (χ0n) is 12.4. The summed E-state index contributed by atoms with van der Waals surface area (Å²) in [7, 11) is 2.10. The molecule has 1 saturated heterocycles. The van der Waals surface area contributed by atoms with E-state index in [-0.39, 0.29) is 0 Å². The molecule has 0 spiro atoms. The summed E-state index contributed by atoms with van der Waals surface area (Å²) in [5, 5.41) is 0.366. The highest BCUT2D eigenvalue weighted by atomic mass is 35.5. The summed E-state index contributed by atoms with van der Waals surface area (Å²) in [6, 6.07) is 0.495. The van der Waals surface area contributed by atoms with Gasteiger partial charge in [-0.3, -0.25) is 0 Å². The molecule has 0 N–H and O–H groups in total. The Bertz CT molecular complexity index is 452. The van der Waals surface area contributed by atoms with Gasteiger partial charge in [-0.25, -0.2) is 4.98 Å². The summed E-state index contributed by atoms with van der Waals surface area (Å²) >= 11 is 7.87. The predicted octanol–water partition coefficient (Wildman–Crippen LogP) is 3.42. The molecule has 1 aromatic rings. The van der Waals surface area contributed by atoms with Crippen molar-refractivity contribution in [1.29, 1.82) is 0 Å². The monoisotopic (exact) mass is 315 g/mol. The number of anilines is 1. The molecule has 0 radical (unpaired) electrons. The van der Waals surface area contributed by atoms with Gasteiger partial charge in [-0.2, -0.15) is 4.98 Å². The van der Waals surface area contributed by atoms with Crippen LogP contribution >= 0.6 is 23.4 Å². The first-order chi connectivity index (χ1) is 9.75. The van der Waals surface area contributed by atoms with Crippen LogP contribution < -0.4 is 4.90 Å². The Morgan fingerprint density at radius 2 is 1.95 bits per heavy atom. The quantitative estimate of drug-likeness (QED) is 0.782. The van der Waals surface area contributed by atoms with Crippen LogP contribution in [0, 0.1) is 0 Å². The molecule has 0 atom stereocenters. The number of hydrogen-bond acceptors (Lipinski definition) is 5. The van der Waals surface area contributed by atoms with Gasteiger partial charge in [0.2, 0.25) is 5.28 Å². The van der Waals surface area contributed by atoms with Gasteiger partial charge in [-0.15, -0.1) is 11.8 Å². The number of aryl methyl sites for hydroxylation is 1. The number of nitrogens with zero attached hydrogens (tertiary/aromatic N) is 3. The van der Waals surface area contributed by atoms with Gasteiger partial charge in [0.1, 0.15) is 5.82 Å². The lowest BCUT2D eigenvalue weighted by atomic mass is 10.1. The predicted molar refractivity (Wildman–Crippen MR) is 85.1 cm³/mol. The highest BCUT2D eigenvalue weighted by molar-refractivity contribution is 7.99. The third kappa shape index (κ3) is 3.38. The van der Waals surface area contributed by atoms with E-state index in [1.54, 1.807) is 0 Å². The van der Waals surface area contributed by atoms with Gasteiger partial charge in [-0.1, -0.05) is 13.8 Å². The number of rotatable bonds is 2. The number of hydrogen-bond donors (Lipinski definition) is 0. The molecule has 2 aliphatic heterocycles. The van der Waals surface area contributed by atoms with Crippen molar-refractivity contribution in [1.82, 2.24) is 9.97 Å². The Balaban J connectivity index is 0.000000704. The van der Waals surface area contributed by atoms with Crippen LogP contribution in [0.15, 0.2) is 4.90 Å². The number of thioether (sulfide) groups is 1. The number of aromatic nitrogens is 2. The second kappa shape index (κ2) is 7.48. The smallest absolute Gasteiger partial charge is 0.224 e. The van der Waals surface area contributed by atoms with Gasteiger partial charge in [0.15, 0.2) is 0 Å². The fourth-order valence-corrected chi connectivity index (χ4v) is 3.82. The van der Waals surface area contributed by atoms with E-state index >= 15 is 0 Å². The Hall–Kier alpha value is -0.520. The lowest BCUT2D eigenvalue weighted by Crippen LogP contribution is -2.37. The average molecular weight is 316 g/mol. The lowest BCUT2D eigenvalue weighted by Gasteiger charge is -2.32. The zero-order chi connectivity index (χ0) is 14.5. The highest BCUT2D eigenvalue weighted by Gasteiger charge is 2.26. The second-order valence-electron chi connectivity index (χ2n) is 4.64. The van der Waals surface area contributed by atoms with E-state index in [9.17, 15) is 0 Å². The molecule has 2 aliphatic rings. The topological polar surface area (TPSA) is 38.2 Å². The van der Waals surface area contributed by atoms with Crippen molar-refractivity contribution in [2.75, 3.05) is 30.9 Å². The van der Waals surface area contributed by atoms with E-state index < -0.39 is 0 Å². The van der Waals surface area contributed by atoms with E-state index in [4.69, 9.17) is 16.3 Å². The molecule has 3 rings (SSSR count). The summed E-state index contributed by atoms with van der Waals surface area (Å²) in [5.74, 6) is 2.08. The van der Waals surface area contributed by atoms with Crippen molar-refractivity contribution >= 4 is 29.2 Å². The Labute approximate surface area is 130 Å². The van der Waals surface area contributed by atoms with E-state index in [0.717, 1.165) is 49.7 Å². The Kier molecular flexibility index (Phi) is 5.93. The lowest BCUT2D eigenvalue weighted by molar-refractivity contribution is 0.0852. The Morgan fingerprint density at radius 3 is 2.65 bits per heavy atom. The van der Waals surface area contributed by atoms with Gasteiger partial charge in [0, 0.05) is 38.5 Å². The van der Waals surface area contributed by atoms with Crippen molar-refractivity contribution in [2.24, 2.45) is 0 Å². The van der Waals surface area contributed by atoms with Crippen LogP contribution in [0.5, 0.6) is 0 Å². The van der Waals surface area contributed by atoms with Crippen molar-refractivity contribution in [3.05, 3.63) is 11.0 Å². The highest BCUT2D eigenvalue weighted by Crippen LogP contribution is 2.38. The second-order valence-corrected chi connectivity index (χ2v) is 6.09. The van der Waals surface area contributed by atoms with E-state index in [1.807, 2.05) is 25.6 Å². The molecule has 0 saturated carbocycles. The molecule has 6 heteroatoms. The summed E-state index contributed by atoms with van der Waals surface area (Å²) in [6.45, 7) is 5.67. The maximum Gasteiger partial charge on any atom is 0.224 e. The van der Waals surface area contributed by atoms with Crippen molar-refractivity contribution in [2.45, 2.75) is 44.0 Å². The molecule has 3 heterocycles. The van der Waals surface area contributed by atoms with Crippen LogP contribution in [0.4, 0.5) is 5.82 Å². The minimum absolute atomic E-state index is 0.366. The minimum Gasteiger partial charge on any atom is -0.381 e. The van der Waals surface area contributed by atoms with Crippen molar-refractivity contribution in [3.63, 3.8) is 0 Å². The van der Waals surface area contributed by atoms with Gasteiger partial charge in [0.05, 0.1) is 10.6 Å². The summed E-state index contributed by atoms with van der Waals surface area (Å²) < 4.78 is 5.41.